The van der Waals surface area contributed by atoms with Gasteiger partial charge >= 0.3 is 0 Å². The van der Waals surface area contributed by atoms with E-state index in [0.29, 0.717) is 28.2 Å². The lowest BCUT2D eigenvalue weighted by molar-refractivity contribution is -0.144. The van der Waals surface area contributed by atoms with Crippen LogP contribution in [-0.2, 0) is 32.7 Å². The van der Waals surface area contributed by atoms with Crippen LogP contribution in [0, 0.1) is 12.3 Å². The minimum atomic E-state index is -0.966. The first-order chi connectivity index (χ1) is 30.6. The molecular weight excluding hydrogens is 843 g/mol. The van der Waals surface area contributed by atoms with Crippen LogP contribution < -0.4 is 26.2 Å². The Hall–Kier alpha value is -6.83. The summed E-state index contributed by atoms with van der Waals surface area (Å²) in [4.78, 5) is 80.5. The third-order valence-electron chi connectivity index (χ3n) is 10.5. The lowest BCUT2D eigenvalue weighted by Gasteiger charge is -2.35. The van der Waals surface area contributed by atoms with Crippen molar-refractivity contribution in [1.29, 1.82) is 0 Å². The number of aryl methyl sites for hydroxylation is 2. The molecule has 334 valence electrons. The number of aliphatic hydroxyl groups excluding tert-OH is 1. The summed E-state index contributed by atoms with van der Waals surface area (Å²) in [5, 5.41) is 23.2. The predicted octanol–water partition coefficient (Wildman–Crippen LogP) is 4.26. The molecule has 19 heteroatoms. The number of pyridine rings is 1. The maximum absolute atomic E-state index is 14.0. The topological polar surface area (TPSA) is 233 Å². The van der Waals surface area contributed by atoms with Crippen molar-refractivity contribution in [1.82, 2.24) is 40.3 Å². The largest absolute Gasteiger partial charge is 0.490 e. The van der Waals surface area contributed by atoms with E-state index in [2.05, 4.69) is 36.0 Å². The summed E-state index contributed by atoms with van der Waals surface area (Å²) in [6.45, 7) is 8.00. The van der Waals surface area contributed by atoms with Crippen LogP contribution in [0.25, 0.3) is 33.1 Å². The van der Waals surface area contributed by atoms with Gasteiger partial charge in [-0.05, 0) is 59.9 Å². The van der Waals surface area contributed by atoms with Crippen LogP contribution in [-0.4, -0.2) is 103 Å². The summed E-state index contributed by atoms with van der Waals surface area (Å²) in [6, 6.07) is 17.0. The molecule has 0 unspecified atom stereocenters. The number of aromatic nitrogens is 5. The van der Waals surface area contributed by atoms with Crippen LogP contribution >= 0.6 is 11.3 Å². The number of thiazole rings is 1. The quantitative estimate of drug-likeness (QED) is 0.0997. The first-order valence-corrected chi connectivity index (χ1v) is 21.5. The second-order valence-corrected chi connectivity index (χ2v) is 17.2. The van der Waals surface area contributed by atoms with Gasteiger partial charge in [-0.3, -0.25) is 24.0 Å². The van der Waals surface area contributed by atoms with Crippen molar-refractivity contribution in [3.63, 3.8) is 0 Å². The first kappa shape index (κ1) is 45.2. The molecule has 1 fully saturated rings. The minimum absolute atomic E-state index is 0.0281. The van der Waals surface area contributed by atoms with Gasteiger partial charge in [0.05, 0.1) is 41.6 Å². The number of amides is 4. The highest BCUT2D eigenvalue weighted by molar-refractivity contribution is 7.13. The average Bonchev–Trinajstić information content (AvgIpc) is 4.01. The number of hydrogen-bond acceptors (Lipinski definition) is 14. The third kappa shape index (κ3) is 11.0. The molecule has 5 heterocycles. The molecule has 0 saturated carbocycles. The number of β-amino-alcohol motifs (C(OH)–C–C–N with tert-alkyl or cyclic N) is 1. The Bertz CT molecular complexity index is 2690. The van der Waals surface area contributed by atoms with Crippen molar-refractivity contribution in [2.45, 2.75) is 65.3 Å². The molecule has 6 aromatic rings. The smallest absolute Gasteiger partial charge is 0.274 e. The monoisotopic (exact) mass is 891 g/mol. The lowest BCUT2D eigenvalue weighted by atomic mass is 9.85. The number of nitrogens with zero attached hydrogens (tertiary/aromatic N) is 6. The van der Waals surface area contributed by atoms with Gasteiger partial charge in [-0.15, -0.1) is 11.3 Å². The molecule has 7 rings (SSSR count). The van der Waals surface area contributed by atoms with Gasteiger partial charge in [0, 0.05) is 44.7 Å². The number of aliphatic hydroxyl groups is 1. The highest BCUT2D eigenvalue weighted by Crippen LogP contribution is 2.29. The summed E-state index contributed by atoms with van der Waals surface area (Å²) < 4.78 is 18.3. The number of likely N-dealkylation sites (tertiary alicyclic amines) is 1. The van der Waals surface area contributed by atoms with E-state index >= 15 is 0 Å². The molecule has 4 amide bonds. The Labute approximate surface area is 372 Å². The van der Waals surface area contributed by atoms with Crippen molar-refractivity contribution in [3.05, 3.63) is 106 Å². The number of carbonyl (C=O) groups is 4. The molecule has 64 heavy (non-hydrogen) atoms. The molecule has 4 N–H and O–H groups in total. The molecule has 0 spiro atoms. The Morgan fingerprint density at radius 3 is 2.50 bits per heavy atom. The highest BCUT2D eigenvalue weighted by atomic mass is 32.1. The van der Waals surface area contributed by atoms with Gasteiger partial charge < -0.3 is 39.8 Å². The standard InChI is InChI=1S/C45H49N9O9S/c1-26-39(64-25-48-26)28-8-6-27(7-9-28)22-47-42(59)35-21-30(55)24-54(35)44(60)40(45(2,3)4)51-37(56)16-17-61-18-19-62-31-11-12-32(46-23-31)41(58)49-29-10-14-36-34(20-29)50-43(63-36)33-13-15-38(57)53(5)52-33/h6-15,20,23,25,30,35,40,55H,16-19,21-22,24H2,1-5H3,(H,47,59)(H,49,58)(H,51,56)/t30-,35+,40-/m0/s1. The molecule has 1 aliphatic rings. The number of oxazole rings is 1. The molecule has 3 atom stereocenters. The summed E-state index contributed by atoms with van der Waals surface area (Å²) in [5.41, 5.74) is 5.69. The highest BCUT2D eigenvalue weighted by Gasteiger charge is 2.44. The molecule has 1 aliphatic heterocycles. The lowest BCUT2D eigenvalue weighted by Crippen LogP contribution is -2.57. The number of carbonyl (C=O) groups excluding carboxylic acids is 4. The van der Waals surface area contributed by atoms with E-state index in [9.17, 15) is 29.1 Å². The summed E-state index contributed by atoms with van der Waals surface area (Å²) in [5.74, 6) is -1.06. The molecular formula is C45H49N9O9S. The molecule has 2 aromatic carbocycles. The van der Waals surface area contributed by atoms with Crippen LogP contribution in [0.15, 0.2) is 87.6 Å². The van der Waals surface area contributed by atoms with Crippen molar-refractivity contribution >= 4 is 51.8 Å². The van der Waals surface area contributed by atoms with Crippen LogP contribution in [0.1, 0.15) is 55.4 Å². The van der Waals surface area contributed by atoms with E-state index in [4.69, 9.17) is 13.9 Å². The van der Waals surface area contributed by atoms with Crippen molar-refractivity contribution < 1.29 is 38.2 Å². The van der Waals surface area contributed by atoms with Crippen molar-refractivity contribution in [3.8, 4) is 27.8 Å². The second kappa shape index (κ2) is 19.7. The zero-order valence-corrected chi connectivity index (χ0v) is 36.8. The summed E-state index contributed by atoms with van der Waals surface area (Å²) >= 11 is 1.56. The van der Waals surface area contributed by atoms with Crippen molar-refractivity contribution in [2.75, 3.05) is 31.7 Å². The maximum Gasteiger partial charge on any atom is 0.274 e. The molecule has 1 saturated heterocycles. The second-order valence-electron chi connectivity index (χ2n) is 16.4. The number of rotatable bonds is 16. The first-order valence-electron chi connectivity index (χ1n) is 20.6. The number of ether oxygens (including phenoxy) is 2. The van der Waals surface area contributed by atoms with E-state index in [1.165, 1.54) is 41.0 Å². The molecule has 0 aliphatic carbocycles. The van der Waals surface area contributed by atoms with Gasteiger partial charge in [0.1, 0.15) is 41.3 Å². The summed E-state index contributed by atoms with van der Waals surface area (Å²) in [6.07, 6.45) is 0.583. The Morgan fingerprint density at radius 2 is 1.80 bits per heavy atom. The Balaban J connectivity index is 0.830. The van der Waals surface area contributed by atoms with Crippen LogP contribution in [0.3, 0.4) is 0 Å². The number of fused-ring (bicyclic) bond motifs is 1. The fourth-order valence-corrected chi connectivity index (χ4v) is 7.84. The molecule has 18 nitrogen and oxygen atoms in total. The number of benzene rings is 2. The maximum atomic E-state index is 14.0. The van der Waals surface area contributed by atoms with Gasteiger partial charge in [0.2, 0.25) is 23.6 Å². The average molecular weight is 892 g/mol. The van der Waals surface area contributed by atoms with E-state index in [1.807, 2.05) is 52.0 Å². The van der Waals surface area contributed by atoms with Gasteiger partial charge in [0.15, 0.2) is 5.58 Å². The van der Waals surface area contributed by atoms with Gasteiger partial charge in [-0.25, -0.2) is 19.6 Å². The zero-order chi connectivity index (χ0) is 45.5. The van der Waals surface area contributed by atoms with E-state index in [0.717, 1.165) is 21.7 Å². The van der Waals surface area contributed by atoms with E-state index in [1.54, 1.807) is 41.1 Å². The fraction of sp³-hybridized carbons (Fsp3) is 0.356. The SMILES string of the molecule is Cc1ncsc1-c1ccc(CNC(=O)[C@H]2C[C@H](O)CN2C(=O)[C@H](NC(=O)CCOCCOc2ccc(C(=O)Nc3ccc4oc(-c5ccc(=O)n(C)n5)nc4c3)nc2)C(C)(C)C)cc1. The number of hydrogen-bond donors (Lipinski definition) is 4. The normalized spacial score (nSPS) is 15.5. The minimum Gasteiger partial charge on any atom is -0.490 e. The fourth-order valence-electron chi connectivity index (χ4n) is 7.03. The van der Waals surface area contributed by atoms with Crippen LogP contribution in [0.5, 0.6) is 5.75 Å². The predicted molar refractivity (Wildman–Crippen MR) is 237 cm³/mol. The molecule has 4 aromatic heterocycles. The zero-order valence-electron chi connectivity index (χ0n) is 36.0. The van der Waals surface area contributed by atoms with Crippen LogP contribution in [0.4, 0.5) is 5.69 Å². The van der Waals surface area contributed by atoms with E-state index < -0.39 is 41.3 Å². The molecule has 0 radical (unpaired) electrons. The van der Waals surface area contributed by atoms with Gasteiger partial charge in [-0.1, -0.05) is 45.0 Å². The van der Waals surface area contributed by atoms with Gasteiger partial charge in [0.25, 0.3) is 11.5 Å². The Morgan fingerprint density at radius 1 is 1.00 bits per heavy atom. The number of anilines is 1. The van der Waals surface area contributed by atoms with Gasteiger partial charge in [-0.2, -0.15) is 5.10 Å². The Kier molecular flexibility index (Phi) is 13.9. The third-order valence-corrected chi connectivity index (χ3v) is 11.5. The van der Waals surface area contributed by atoms with E-state index in [-0.39, 0.29) is 68.8 Å². The number of nitrogens with one attached hydrogen (secondary N) is 3. The summed E-state index contributed by atoms with van der Waals surface area (Å²) in [7, 11) is 1.53. The molecule has 0 bridgehead atoms. The van der Waals surface area contributed by atoms with Crippen LogP contribution in [0.2, 0.25) is 0 Å². The van der Waals surface area contributed by atoms with Crippen molar-refractivity contribution in [2.24, 2.45) is 12.5 Å².